The topological polar surface area (TPSA) is 84.2 Å². The monoisotopic (exact) mass is 381 g/mol. The Hall–Kier alpha value is -2.98. The van der Waals surface area contributed by atoms with Crippen LogP contribution in [0.1, 0.15) is 31.2 Å². The first-order valence-electron chi connectivity index (χ1n) is 9.39. The Morgan fingerprint density at radius 1 is 1.25 bits per heavy atom. The normalized spacial score (nSPS) is 17.0. The smallest absolute Gasteiger partial charge is 0.228 e. The maximum atomic E-state index is 14.4. The fourth-order valence-corrected chi connectivity index (χ4v) is 3.16. The van der Waals surface area contributed by atoms with Gasteiger partial charge in [-0.1, -0.05) is 6.07 Å². The number of halogens is 1. The fourth-order valence-electron chi connectivity index (χ4n) is 3.16. The van der Waals surface area contributed by atoms with Gasteiger partial charge in [-0.15, -0.1) is 0 Å². The third-order valence-corrected chi connectivity index (χ3v) is 4.93. The van der Waals surface area contributed by atoms with Crippen LogP contribution < -0.4 is 10.1 Å². The number of hydrogen-bond donors (Lipinski definition) is 1. The lowest BCUT2D eigenvalue weighted by atomic mass is 10.0. The molecule has 4 rings (SSSR count). The van der Waals surface area contributed by atoms with Gasteiger partial charge in [-0.3, -0.25) is 4.79 Å². The molecule has 1 N–H and O–H groups in total. The van der Waals surface area contributed by atoms with Crippen LogP contribution in [0.25, 0.3) is 11.1 Å². The van der Waals surface area contributed by atoms with Crippen LogP contribution in [0.15, 0.2) is 30.5 Å². The summed E-state index contributed by atoms with van der Waals surface area (Å²) in [5.41, 5.74) is 1.14. The predicted octanol–water partition coefficient (Wildman–Crippen LogP) is 3.67. The highest BCUT2D eigenvalue weighted by Gasteiger charge is 2.30. The first-order valence-corrected chi connectivity index (χ1v) is 9.39. The van der Waals surface area contributed by atoms with Gasteiger partial charge in [-0.25, -0.2) is 9.37 Å². The van der Waals surface area contributed by atoms with Crippen molar-refractivity contribution >= 4 is 11.7 Å². The number of carbonyl (C=O) groups excluding carboxylic acids is 1. The Balaban J connectivity index is 1.58. The van der Waals surface area contributed by atoms with Crippen LogP contribution in [-0.4, -0.2) is 30.2 Å². The van der Waals surface area contributed by atoms with Crippen molar-refractivity contribution in [2.45, 2.75) is 31.8 Å². The minimum atomic E-state index is -0.522. The van der Waals surface area contributed by atoms with Gasteiger partial charge in [0.25, 0.3) is 0 Å². The summed E-state index contributed by atoms with van der Waals surface area (Å²) in [5, 5.41) is 12.2. The van der Waals surface area contributed by atoms with E-state index in [1.807, 2.05) is 0 Å². The zero-order valence-corrected chi connectivity index (χ0v) is 15.3. The molecule has 7 heteroatoms. The van der Waals surface area contributed by atoms with Crippen molar-refractivity contribution in [3.63, 3.8) is 0 Å². The maximum absolute atomic E-state index is 14.4. The van der Waals surface area contributed by atoms with Gasteiger partial charge in [-0.05, 0) is 36.6 Å². The highest BCUT2D eigenvalue weighted by molar-refractivity contribution is 5.93. The number of rotatable bonds is 5. The first kappa shape index (κ1) is 18.4. The predicted molar refractivity (Wildman–Crippen MR) is 100 cm³/mol. The molecule has 1 aliphatic carbocycles. The number of benzene rings is 1. The number of nitriles is 1. The first-order chi connectivity index (χ1) is 13.6. The minimum absolute atomic E-state index is 0.00796. The Bertz CT molecular complexity index is 931. The van der Waals surface area contributed by atoms with E-state index in [0.717, 1.165) is 31.9 Å². The lowest BCUT2D eigenvalue weighted by molar-refractivity contribution is -0.117. The van der Waals surface area contributed by atoms with E-state index >= 15 is 0 Å². The summed E-state index contributed by atoms with van der Waals surface area (Å²) in [6.45, 7) is 1.28. The van der Waals surface area contributed by atoms with Crippen molar-refractivity contribution in [3.8, 4) is 22.9 Å². The Morgan fingerprint density at radius 2 is 2.04 bits per heavy atom. The standard InChI is InChI=1S/C21H20FN3O3/c22-18-12-24-20(25-21(26)13-1-2-13)10-17(18)14-3-4-19(15(9-14)11-23)28-16-5-7-27-8-6-16/h3-4,9-10,12-13,16H,1-2,5-8H2,(H,24,25,26). The summed E-state index contributed by atoms with van der Waals surface area (Å²) in [6, 6.07) is 8.60. The molecule has 1 aliphatic heterocycles. The second kappa shape index (κ2) is 7.95. The number of hydrogen-bond acceptors (Lipinski definition) is 5. The molecule has 1 amide bonds. The number of anilines is 1. The highest BCUT2D eigenvalue weighted by atomic mass is 19.1. The van der Waals surface area contributed by atoms with E-state index in [1.165, 1.54) is 6.07 Å². The van der Waals surface area contributed by atoms with Crippen LogP contribution in [-0.2, 0) is 9.53 Å². The molecule has 0 bridgehead atoms. The Labute approximate surface area is 162 Å². The van der Waals surface area contributed by atoms with Gasteiger partial charge in [0.1, 0.15) is 29.6 Å². The van der Waals surface area contributed by atoms with E-state index in [-0.39, 0.29) is 23.5 Å². The van der Waals surface area contributed by atoms with Gasteiger partial charge in [0, 0.05) is 24.3 Å². The van der Waals surface area contributed by atoms with E-state index in [9.17, 15) is 14.4 Å². The third kappa shape index (κ3) is 4.12. The molecule has 2 aromatic rings. The molecule has 0 unspecified atom stereocenters. The molecule has 1 aromatic carbocycles. The van der Waals surface area contributed by atoms with Crippen molar-refractivity contribution in [1.29, 1.82) is 5.26 Å². The molecular formula is C21H20FN3O3. The lowest BCUT2D eigenvalue weighted by Gasteiger charge is -2.24. The molecule has 6 nitrogen and oxygen atoms in total. The molecule has 2 fully saturated rings. The molecule has 0 atom stereocenters. The van der Waals surface area contributed by atoms with E-state index in [0.29, 0.717) is 35.9 Å². The minimum Gasteiger partial charge on any atom is -0.489 e. The van der Waals surface area contributed by atoms with Crippen LogP contribution in [0.2, 0.25) is 0 Å². The number of nitrogens with one attached hydrogen (secondary N) is 1. The average molecular weight is 381 g/mol. The number of carbonyl (C=O) groups is 1. The maximum Gasteiger partial charge on any atom is 0.228 e. The molecule has 144 valence electrons. The van der Waals surface area contributed by atoms with E-state index < -0.39 is 5.82 Å². The van der Waals surface area contributed by atoms with Crippen molar-refractivity contribution < 1.29 is 18.7 Å². The summed E-state index contributed by atoms with van der Waals surface area (Å²) >= 11 is 0. The zero-order valence-electron chi connectivity index (χ0n) is 15.3. The summed E-state index contributed by atoms with van der Waals surface area (Å²) in [5.74, 6) is 0.195. The highest BCUT2D eigenvalue weighted by Crippen LogP contribution is 2.32. The lowest BCUT2D eigenvalue weighted by Crippen LogP contribution is -2.26. The van der Waals surface area contributed by atoms with Crippen LogP contribution >= 0.6 is 0 Å². The number of amides is 1. The third-order valence-electron chi connectivity index (χ3n) is 4.93. The fraction of sp³-hybridized carbons (Fsp3) is 0.381. The number of ether oxygens (including phenoxy) is 2. The second-order valence-corrected chi connectivity index (χ2v) is 7.07. The molecule has 0 radical (unpaired) electrons. The quantitative estimate of drug-likeness (QED) is 0.854. The number of pyridine rings is 1. The van der Waals surface area contributed by atoms with Crippen molar-refractivity contribution in [1.82, 2.24) is 4.98 Å². The summed E-state index contributed by atoms with van der Waals surface area (Å²) in [6.07, 6.45) is 4.38. The molecule has 28 heavy (non-hydrogen) atoms. The second-order valence-electron chi connectivity index (χ2n) is 7.07. The number of nitrogens with zero attached hydrogens (tertiary/aromatic N) is 2. The van der Waals surface area contributed by atoms with Gasteiger partial charge < -0.3 is 14.8 Å². The molecular weight excluding hydrogens is 361 g/mol. The van der Waals surface area contributed by atoms with Gasteiger partial charge in [0.05, 0.1) is 25.0 Å². The van der Waals surface area contributed by atoms with Gasteiger partial charge in [-0.2, -0.15) is 5.26 Å². The van der Waals surface area contributed by atoms with E-state index in [1.54, 1.807) is 18.2 Å². The zero-order chi connectivity index (χ0) is 19.5. The van der Waals surface area contributed by atoms with Crippen LogP contribution in [0.4, 0.5) is 10.2 Å². The van der Waals surface area contributed by atoms with Gasteiger partial charge in [0.2, 0.25) is 5.91 Å². The summed E-state index contributed by atoms with van der Waals surface area (Å²) < 4.78 is 25.6. The van der Waals surface area contributed by atoms with Gasteiger partial charge in [0.15, 0.2) is 0 Å². The van der Waals surface area contributed by atoms with Crippen molar-refractivity contribution in [2.24, 2.45) is 5.92 Å². The number of aromatic nitrogens is 1. The molecule has 2 aliphatic rings. The SMILES string of the molecule is N#Cc1cc(-c2cc(NC(=O)C3CC3)ncc2F)ccc1OC1CCOCC1. The van der Waals surface area contributed by atoms with Crippen molar-refractivity contribution in [2.75, 3.05) is 18.5 Å². The molecule has 1 saturated heterocycles. The van der Waals surface area contributed by atoms with Gasteiger partial charge >= 0.3 is 0 Å². The van der Waals surface area contributed by atoms with E-state index in [4.69, 9.17) is 9.47 Å². The van der Waals surface area contributed by atoms with Crippen LogP contribution in [0.5, 0.6) is 5.75 Å². The largest absolute Gasteiger partial charge is 0.489 e. The Morgan fingerprint density at radius 3 is 2.75 bits per heavy atom. The molecule has 1 saturated carbocycles. The van der Waals surface area contributed by atoms with Crippen LogP contribution in [0, 0.1) is 23.1 Å². The summed E-state index contributed by atoms with van der Waals surface area (Å²) in [4.78, 5) is 15.9. The summed E-state index contributed by atoms with van der Waals surface area (Å²) in [7, 11) is 0. The molecule has 1 aromatic heterocycles. The van der Waals surface area contributed by atoms with E-state index in [2.05, 4.69) is 16.4 Å². The molecule has 2 heterocycles. The van der Waals surface area contributed by atoms with Crippen molar-refractivity contribution in [3.05, 3.63) is 41.8 Å². The average Bonchev–Trinajstić information content (AvgIpc) is 3.56. The molecule has 0 spiro atoms. The Kier molecular flexibility index (Phi) is 5.22. The van der Waals surface area contributed by atoms with Crippen LogP contribution in [0.3, 0.4) is 0 Å².